The van der Waals surface area contributed by atoms with Crippen LogP contribution < -0.4 is 5.32 Å². The summed E-state index contributed by atoms with van der Waals surface area (Å²) < 4.78 is 5.04. The van der Waals surface area contributed by atoms with Crippen LogP contribution in [0, 0.1) is 6.92 Å². The first kappa shape index (κ1) is 10.7. The Morgan fingerprint density at radius 3 is 3.06 bits per heavy atom. The second kappa shape index (κ2) is 4.34. The van der Waals surface area contributed by atoms with Crippen LogP contribution in [0.4, 0.5) is 0 Å². The van der Waals surface area contributed by atoms with Crippen LogP contribution in [0.25, 0.3) is 0 Å². The van der Waals surface area contributed by atoms with E-state index in [1.807, 2.05) is 0 Å². The first-order valence-electron chi connectivity index (χ1n) is 5.14. The molecular weight excluding hydrogens is 210 g/mol. The molecule has 1 N–H and O–H groups in total. The highest BCUT2D eigenvalue weighted by atomic mass is 16.3. The summed E-state index contributed by atoms with van der Waals surface area (Å²) in [6.45, 7) is 3.13. The maximum Gasteiger partial charge on any atom is 0.291 e. The molecule has 1 aromatic heterocycles. The number of aryl methyl sites for hydroxylation is 1. The van der Waals surface area contributed by atoms with Gasteiger partial charge in [-0.15, -0.1) is 0 Å². The average molecular weight is 223 g/mol. The molecule has 2 rings (SSSR count). The topological polar surface area (TPSA) is 75.4 Å². The Bertz CT molecular complexity index is 413. The third-order valence-electron chi connectivity index (χ3n) is 2.54. The molecule has 0 aromatic carbocycles. The number of carbonyl (C=O) groups is 2. The fourth-order valence-electron chi connectivity index (χ4n) is 1.62. The summed E-state index contributed by atoms with van der Waals surface area (Å²) in [6, 6.07) is 0. The van der Waals surface area contributed by atoms with E-state index in [9.17, 15) is 9.59 Å². The Kier molecular flexibility index (Phi) is 2.89. The van der Waals surface area contributed by atoms with Gasteiger partial charge in [-0.2, -0.15) is 0 Å². The van der Waals surface area contributed by atoms with Crippen molar-refractivity contribution < 1.29 is 14.0 Å². The van der Waals surface area contributed by atoms with Gasteiger partial charge < -0.3 is 14.6 Å². The Balaban J connectivity index is 2.10. The van der Waals surface area contributed by atoms with E-state index in [0.29, 0.717) is 31.7 Å². The number of nitrogens with one attached hydrogen (secondary N) is 1. The second-order valence-electron chi connectivity index (χ2n) is 3.66. The lowest BCUT2D eigenvalue weighted by Crippen LogP contribution is -2.34. The molecule has 16 heavy (non-hydrogen) atoms. The maximum atomic E-state index is 12.0. The average Bonchev–Trinajstić information content (AvgIpc) is 2.56. The molecule has 0 aliphatic carbocycles. The third kappa shape index (κ3) is 2.05. The number of nitrogens with zero attached hydrogens (tertiary/aromatic N) is 2. The van der Waals surface area contributed by atoms with Gasteiger partial charge in [0, 0.05) is 26.1 Å². The van der Waals surface area contributed by atoms with Gasteiger partial charge in [-0.1, -0.05) is 0 Å². The van der Waals surface area contributed by atoms with Crippen LogP contribution in [-0.2, 0) is 4.79 Å². The second-order valence-corrected chi connectivity index (χ2v) is 3.66. The molecule has 0 bridgehead atoms. The highest BCUT2D eigenvalue weighted by Gasteiger charge is 2.23. The number of hydrogen-bond acceptors (Lipinski definition) is 4. The number of rotatable bonds is 1. The van der Waals surface area contributed by atoms with Crippen molar-refractivity contribution in [1.29, 1.82) is 0 Å². The molecule has 1 saturated heterocycles. The highest BCUT2D eigenvalue weighted by Crippen LogP contribution is 2.10. The van der Waals surface area contributed by atoms with Gasteiger partial charge in [0.2, 0.25) is 11.7 Å². The van der Waals surface area contributed by atoms with Crippen molar-refractivity contribution in [3.8, 4) is 0 Å². The van der Waals surface area contributed by atoms with E-state index < -0.39 is 0 Å². The predicted octanol–water partition coefficient (Wildman–Crippen LogP) is -0.0549. The molecule has 0 atom stereocenters. The minimum Gasteiger partial charge on any atom is -0.438 e. The van der Waals surface area contributed by atoms with Crippen molar-refractivity contribution in [2.24, 2.45) is 0 Å². The van der Waals surface area contributed by atoms with Crippen LogP contribution in [-0.4, -0.2) is 41.3 Å². The fourth-order valence-corrected chi connectivity index (χ4v) is 1.62. The minimum absolute atomic E-state index is 0.0235. The summed E-state index contributed by atoms with van der Waals surface area (Å²) in [5, 5.41) is 2.71. The summed E-state index contributed by atoms with van der Waals surface area (Å²) in [4.78, 5) is 28.6. The SMILES string of the molecule is Cc1ncoc1C(=O)N1CCNC(=O)CC1. The van der Waals surface area contributed by atoms with Crippen LogP contribution in [0.15, 0.2) is 10.8 Å². The van der Waals surface area contributed by atoms with Crippen LogP contribution in [0.5, 0.6) is 0 Å². The van der Waals surface area contributed by atoms with Crippen molar-refractivity contribution in [3.05, 3.63) is 17.8 Å². The van der Waals surface area contributed by atoms with Crippen molar-refractivity contribution in [1.82, 2.24) is 15.2 Å². The van der Waals surface area contributed by atoms with E-state index in [2.05, 4.69) is 10.3 Å². The first-order valence-corrected chi connectivity index (χ1v) is 5.14. The molecule has 6 heteroatoms. The Hall–Kier alpha value is -1.85. The van der Waals surface area contributed by atoms with Gasteiger partial charge in [0.05, 0.1) is 5.69 Å². The first-order chi connectivity index (χ1) is 7.68. The van der Waals surface area contributed by atoms with Crippen LogP contribution >= 0.6 is 0 Å². The smallest absolute Gasteiger partial charge is 0.291 e. The number of amides is 2. The fraction of sp³-hybridized carbons (Fsp3) is 0.500. The summed E-state index contributed by atoms with van der Waals surface area (Å²) in [5.41, 5.74) is 0.577. The van der Waals surface area contributed by atoms with Crippen molar-refractivity contribution >= 4 is 11.8 Å². The van der Waals surface area contributed by atoms with Gasteiger partial charge in [0.1, 0.15) is 0 Å². The molecule has 0 spiro atoms. The molecule has 0 unspecified atom stereocenters. The quantitative estimate of drug-likeness (QED) is 0.724. The zero-order valence-corrected chi connectivity index (χ0v) is 9.02. The number of aromatic nitrogens is 1. The molecule has 0 saturated carbocycles. The Morgan fingerprint density at radius 1 is 1.56 bits per heavy atom. The molecule has 1 aliphatic heterocycles. The lowest BCUT2D eigenvalue weighted by Gasteiger charge is -2.17. The van der Waals surface area contributed by atoms with Crippen LogP contribution in [0.3, 0.4) is 0 Å². The monoisotopic (exact) mass is 223 g/mol. The normalized spacial score (nSPS) is 16.8. The van der Waals surface area contributed by atoms with Crippen molar-refractivity contribution in [2.75, 3.05) is 19.6 Å². The van der Waals surface area contributed by atoms with Gasteiger partial charge in [-0.05, 0) is 6.92 Å². The van der Waals surface area contributed by atoms with E-state index >= 15 is 0 Å². The van der Waals surface area contributed by atoms with Crippen molar-refractivity contribution in [3.63, 3.8) is 0 Å². The maximum absolute atomic E-state index is 12.0. The van der Waals surface area contributed by atoms with Gasteiger partial charge in [0.25, 0.3) is 5.91 Å². The van der Waals surface area contributed by atoms with E-state index in [0.717, 1.165) is 0 Å². The third-order valence-corrected chi connectivity index (χ3v) is 2.54. The molecule has 1 aliphatic rings. The highest BCUT2D eigenvalue weighted by molar-refractivity contribution is 5.93. The summed E-state index contributed by atoms with van der Waals surface area (Å²) >= 11 is 0. The molecule has 0 radical (unpaired) electrons. The van der Waals surface area contributed by atoms with Gasteiger partial charge in [0.15, 0.2) is 6.39 Å². The lowest BCUT2D eigenvalue weighted by atomic mass is 10.3. The zero-order chi connectivity index (χ0) is 11.5. The molecular formula is C10H13N3O3. The zero-order valence-electron chi connectivity index (χ0n) is 9.02. The lowest BCUT2D eigenvalue weighted by molar-refractivity contribution is -0.120. The van der Waals surface area contributed by atoms with Crippen molar-refractivity contribution in [2.45, 2.75) is 13.3 Å². The summed E-state index contributed by atoms with van der Waals surface area (Å²) in [5.74, 6) is 0.0328. The largest absolute Gasteiger partial charge is 0.438 e. The molecule has 2 amide bonds. The summed E-state index contributed by atoms with van der Waals surface area (Å²) in [7, 11) is 0. The Morgan fingerprint density at radius 2 is 2.38 bits per heavy atom. The molecule has 6 nitrogen and oxygen atoms in total. The standard InChI is InChI=1S/C10H13N3O3/c1-7-9(16-6-12-7)10(15)13-4-2-8(14)11-3-5-13/h6H,2-5H2,1H3,(H,11,14). The molecule has 1 fully saturated rings. The summed E-state index contributed by atoms with van der Waals surface area (Å²) in [6.07, 6.45) is 1.59. The minimum atomic E-state index is -0.202. The van der Waals surface area contributed by atoms with E-state index in [1.54, 1.807) is 11.8 Å². The molecule has 86 valence electrons. The number of oxazole rings is 1. The molecule has 2 heterocycles. The molecule has 1 aromatic rings. The van der Waals surface area contributed by atoms with Gasteiger partial charge >= 0.3 is 0 Å². The van der Waals surface area contributed by atoms with E-state index in [4.69, 9.17) is 4.42 Å². The van der Waals surface area contributed by atoms with Crippen LogP contribution in [0.2, 0.25) is 0 Å². The van der Waals surface area contributed by atoms with Gasteiger partial charge in [-0.3, -0.25) is 9.59 Å². The number of carbonyl (C=O) groups excluding carboxylic acids is 2. The van der Waals surface area contributed by atoms with E-state index in [1.165, 1.54) is 6.39 Å². The predicted molar refractivity (Wildman–Crippen MR) is 54.8 cm³/mol. The number of hydrogen-bond donors (Lipinski definition) is 1. The van der Waals surface area contributed by atoms with Crippen LogP contribution in [0.1, 0.15) is 22.7 Å². The Labute approximate surface area is 92.6 Å². The van der Waals surface area contributed by atoms with E-state index in [-0.39, 0.29) is 17.6 Å². The van der Waals surface area contributed by atoms with Gasteiger partial charge in [-0.25, -0.2) is 4.98 Å².